The van der Waals surface area contributed by atoms with E-state index in [4.69, 9.17) is 11.6 Å². The van der Waals surface area contributed by atoms with Gasteiger partial charge < -0.3 is 5.32 Å². The second-order valence-corrected chi connectivity index (χ2v) is 7.80. The Labute approximate surface area is 155 Å². The van der Waals surface area contributed by atoms with E-state index in [1.807, 2.05) is 6.07 Å². The van der Waals surface area contributed by atoms with Crippen molar-refractivity contribution in [3.05, 3.63) is 62.3 Å². The smallest absolute Gasteiger partial charge is 0.258 e. The maximum Gasteiger partial charge on any atom is 0.258 e. The van der Waals surface area contributed by atoms with Crippen LogP contribution in [0.2, 0.25) is 5.02 Å². The van der Waals surface area contributed by atoms with Crippen LogP contribution < -0.4 is 10.0 Å². The molecule has 1 aliphatic carbocycles. The van der Waals surface area contributed by atoms with Gasteiger partial charge in [-0.05, 0) is 58.1 Å². The minimum Gasteiger partial charge on any atom is -0.314 e. The summed E-state index contributed by atoms with van der Waals surface area (Å²) in [5.74, 6) is 0. The molecule has 2 aliphatic rings. The summed E-state index contributed by atoms with van der Waals surface area (Å²) in [6.07, 6.45) is 3.56. The summed E-state index contributed by atoms with van der Waals surface area (Å²) >= 11 is 9.75. The van der Waals surface area contributed by atoms with Crippen LogP contribution in [0.15, 0.2) is 34.9 Å². The first-order chi connectivity index (χ1) is 11.6. The number of hydrogen-bond acceptors (Lipinski definition) is 3. The summed E-state index contributed by atoms with van der Waals surface area (Å²) < 4.78 is 2.20. The van der Waals surface area contributed by atoms with Crippen molar-refractivity contribution >= 4 is 27.5 Å². The molecule has 24 heavy (non-hydrogen) atoms. The first-order valence-electron chi connectivity index (χ1n) is 8.30. The topological polar surface area (TPSA) is 39.4 Å². The molecule has 4 rings (SSSR count). The lowest BCUT2D eigenvalue weighted by molar-refractivity contribution is -0.911. The minimum atomic E-state index is 0.0509. The Morgan fingerprint density at radius 1 is 1.17 bits per heavy atom. The number of aryl methyl sites for hydroxylation is 2. The molecule has 2 N–H and O–H groups in total. The maximum absolute atomic E-state index is 10.7. The van der Waals surface area contributed by atoms with E-state index in [-0.39, 0.29) is 6.04 Å². The zero-order valence-corrected chi connectivity index (χ0v) is 15.6. The highest BCUT2D eigenvalue weighted by molar-refractivity contribution is 9.10. The Bertz CT molecular complexity index is 777. The van der Waals surface area contributed by atoms with Crippen LogP contribution in [0.1, 0.15) is 28.4 Å². The fraction of sp³-hybridized carbons (Fsp3) is 0.389. The predicted octanol–water partition coefficient (Wildman–Crippen LogP) is 2.72. The third kappa shape index (κ3) is 2.94. The predicted molar refractivity (Wildman–Crippen MR) is 96.7 cm³/mol. The number of nitrogens with one attached hydrogen (secondary N) is 1. The lowest BCUT2D eigenvalue weighted by Gasteiger charge is -2.33. The van der Waals surface area contributed by atoms with Gasteiger partial charge in [0.2, 0.25) is 6.20 Å². The van der Waals surface area contributed by atoms with Gasteiger partial charge in [-0.3, -0.25) is 10.1 Å². The van der Waals surface area contributed by atoms with Crippen molar-refractivity contribution < 1.29 is 9.94 Å². The van der Waals surface area contributed by atoms with Crippen LogP contribution in [-0.2, 0) is 12.8 Å². The van der Waals surface area contributed by atoms with E-state index in [1.54, 1.807) is 6.20 Å². The van der Waals surface area contributed by atoms with Gasteiger partial charge in [0.15, 0.2) is 0 Å². The fourth-order valence-electron chi connectivity index (χ4n) is 3.90. The molecule has 0 saturated carbocycles. The number of piperazine rings is 1. The number of benzene rings is 1. The second kappa shape index (κ2) is 6.64. The Morgan fingerprint density at radius 3 is 2.71 bits per heavy atom. The first kappa shape index (κ1) is 16.3. The van der Waals surface area contributed by atoms with Crippen molar-refractivity contribution in [2.45, 2.75) is 18.9 Å². The van der Waals surface area contributed by atoms with E-state index in [1.165, 1.54) is 21.4 Å². The van der Waals surface area contributed by atoms with E-state index in [2.05, 4.69) is 44.3 Å². The van der Waals surface area contributed by atoms with Crippen molar-refractivity contribution in [1.29, 1.82) is 0 Å². The highest BCUT2D eigenvalue weighted by atomic mass is 79.9. The molecule has 1 atom stereocenters. The molecule has 6 heteroatoms. The summed E-state index contributed by atoms with van der Waals surface area (Å²) in [5, 5.41) is 14.8. The Kier molecular flexibility index (Phi) is 4.52. The van der Waals surface area contributed by atoms with E-state index in [0.717, 1.165) is 54.2 Å². The number of rotatable bonds is 1. The average molecular weight is 410 g/mol. The molecule has 0 unspecified atom stereocenters. The van der Waals surface area contributed by atoms with Crippen LogP contribution >= 0.6 is 27.5 Å². The van der Waals surface area contributed by atoms with Crippen LogP contribution in [0.3, 0.4) is 0 Å². The van der Waals surface area contributed by atoms with E-state index in [9.17, 15) is 5.21 Å². The van der Waals surface area contributed by atoms with Crippen molar-refractivity contribution in [2.75, 3.05) is 26.2 Å². The molecular weight excluding hydrogens is 390 g/mol. The number of halogens is 2. The zero-order chi connectivity index (χ0) is 16.7. The monoisotopic (exact) mass is 408 g/mol. The van der Waals surface area contributed by atoms with Gasteiger partial charge in [-0.15, -0.1) is 0 Å². The van der Waals surface area contributed by atoms with Gasteiger partial charge in [0.05, 0.1) is 4.47 Å². The summed E-state index contributed by atoms with van der Waals surface area (Å²) in [6.45, 7) is 3.86. The number of pyridine rings is 1. The Balaban J connectivity index is 1.91. The molecule has 0 spiro atoms. The van der Waals surface area contributed by atoms with Gasteiger partial charge in [-0.25, -0.2) is 0 Å². The molecule has 0 radical (unpaired) electrons. The highest BCUT2D eigenvalue weighted by Crippen LogP contribution is 2.36. The van der Waals surface area contributed by atoms with Gasteiger partial charge in [0, 0.05) is 41.5 Å². The molecule has 2 heterocycles. The molecule has 2 aromatic rings. The lowest BCUT2D eigenvalue weighted by atomic mass is 9.96. The van der Waals surface area contributed by atoms with Gasteiger partial charge in [0.25, 0.3) is 5.69 Å². The quantitative estimate of drug-likeness (QED) is 0.562. The molecule has 126 valence electrons. The third-order valence-electron chi connectivity index (χ3n) is 4.97. The number of fused-ring (bicyclic) bond motifs is 2. The maximum atomic E-state index is 10.7. The van der Waals surface area contributed by atoms with Crippen molar-refractivity contribution in [2.24, 2.45) is 0 Å². The molecule has 0 amide bonds. The van der Waals surface area contributed by atoms with Gasteiger partial charge in [0.1, 0.15) is 6.04 Å². The first-order valence-corrected chi connectivity index (χ1v) is 9.47. The SMILES string of the molecule is O[n+]1cc(Br)cc2c1[C@H](N1CCNCC1)c1ccc(Cl)cc1CC2. The summed E-state index contributed by atoms with van der Waals surface area (Å²) in [7, 11) is 0. The van der Waals surface area contributed by atoms with E-state index >= 15 is 0 Å². The standard InChI is InChI=1S/C18H20BrClN3O/c19-14-9-13-2-1-12-10-15(20)3-4-16(12)18(17(13)23(24)11-14)22-7-5-21-6-8-22/h3-4,9-11,18,21,24H,1-2,5-8H2/q+1/t18-/m1/s1. The number of hydrogen-bond donors (Lipinski definition) is 2. The van der Waals surface area contributed by atoms with E-state index < -0.39 is 0 Å². The van der Waals surface area contributed by atoms with Gasteiger partial charge in [-0.1, -0.05) is 17.7 Å². The molecule has 1 fully saturated rings. The molecule has 0 bridgehead atoms. The largest absolute Gasteiger partial charge is 0.314 e. The van der Waals surface area contributed by atoms with Gasteiger partial charge in [-0.2, -0.15) is 0 Å². The van der Waals surface area contributed by atoms with Crippen LogP contribution in [-0.4, -0.2) is 36.3 Å². The molecule has 1 aromatic heterocycles. The average Bonchev–Trinajstić information content (AvgIpc) is 2.72. The zero-order valence-electron chi connectivity index (χ0n) is 13.3. The van der Waals surface area contributed by atoms with Crippen LogP contribution in [0, 0.1) is 0 Å². The summed E-state index contributed by atoms with van der Waals surface area (Å²) in [4.78, 5) is 2.45. The second-order valence-electron chi connectivity index (χ2n) is 6.45. The molecule has 1 aliphatic heterocycles. The Hall–Kier alpha value is -1.14. The minimum absolute atomic E-state index is 0.0509. The third-order valence-corrected chi connectivity index (χ3v) is 5.64. The molecule has 1 aromatic carbocycles. The van der Waals surface area contributed by atoms with Crippen LogP contribution in [0.5, 0.6) is 0 Å². The molecule has 1 saturated heterocycles. The fourth-order valence-corrected chi connectivity index (χ4v) is 4.56. The van der Waals surface area contributed by atoms with Gasteiger partial charge >= 0.3 is 0 Å². The van der Waals surface area contributed by atoms with Crippen LogP contribution in [0.4, 0.5) is 0 Å². The normalized spacial score (nSPS) is 21.0. The number of nitrogens with zero attached hydrogens (tertiary/aromatic N) is 2. The summed E-state index contributed by atoms with van der Waals surface area (Å²) in [6, 6.07) is 8.34. The highest BCUT2D eigenvalue weighted by Gasteiger charge is 2.37. The lowest BCUT2D eigenvalue weighted by Crippen LogP contribution is -2.49. The van der Waals surface area contributed by atoms with Crippen molar-refractivity contribution in [1.82, 2.24) is 10.2 Å². The van der Waals surface area contributed by atoms with Crippen LogP contribution in [0.25, 0.3) is 0 Å². The molecular formula is C18H20BrClN3O+. The van der Waals surface area contributed by atoms with Crippen molar-refractivity contribution in [3.8, 4) is 0 Å². The van der Waals surface area contributed by atoms with Crippen molar-refractivity contribution in [3.63, 3.8) is 0 Å². The number of aromatic nitrogens is 1. The van der Waals surface area contributed by atoms with E-state index in [0.29, 0.717) is 0 Å². The molecule has 4 nitrogen and oxygen atoms in total. The Morgan fingerprint density at radius 2 is 1.92 bits per heavy atom. The summed E-state index contributed by atoms with van der Waals surface area (Å²) in [5.41, 5.74) is 4.69.